The van der Waals surface area contributed by atoms with Gasteiger partial charge in [-0.3, -0.25) is 9.59 Å². The van der Waals surface area contributed by atoms with Crippen molar-refractivity contribution in [3.63, 3.8) is 0 Å². The average Bonchev–Trinajstić information content (AvgIpc) is 2.89. The van der Waals surface area contributed by atoms with E-state index in [1.165, 1.54) is 19.2 Å². The molecule has 3 atom stereocenters. The molecule has 1 aromatic rings. The zero-order chi connectivity index (χ0) is 31.2. The third kappa shape index (κ3) is 12.0. The Morgan fingerprint density at radius 1 is 0.854 bits per heavy atom. The summed E-state index contributed by atoms with van der Waals surface area (Å²) in [4.78, 5) is 49.9. The van der Waals surface area contributed by atoms with Crippen LogP contribution < -0.4 is 15.2 Å². The number of rotatable bonds is 16. The molecule has 0 amide bonds. The molecule has 232 valence electrons. The number of carbonyl (C=O) groups excluding carboxylic acids is 4. The SMILES string of the molecule is CCCC(C)OC(=O)Oc1ccc(C[C@](N)(CCOC(=O)C(C)(C)CC)C(=O)OC)cc1OC(=O)OC(C)CCC. The first-order chi connectivity index (χ1) is 19.2. The van der Waals surface area contributed by atoms with Crippen LogP contribution in [0.3, 0.4) is 0 Å². The number of carbonyl (C=O) groups is 4. The second-order valence-electron chi connectivity index (χ2n) is 10.9. The zero-order valence-corrected chi connectivity index (χ0v) is 25.7. The minimum atomic E-state index is -1.57. The van der Waals surface area contributed by atoms with Gasteiger partial charge in [0.1, 0.15) is 17.7 Å². The van der Waals surface area contributed by atoms with Gasteiger partial charge in [-0.25, -0.2) is 9.59 Å². The Balaban J connectivity index is 3.22. The lowest BCUT2D eigenvalue weighted by atomic mass is 9.88. The minimum absolute atomic E-state index is 0.0299. The van der Waals surface area contributed by atoms with Crippen LogP contribution in [0.4, 0.5) is 9.59 Å². The molecule has 11 heteroatoms. The predicted octanol–water partition coefficient (Wildman–Crippen LogP) is 5.88. The van der Waals surface area contributed by atoms with Crippen LogP contribution in [0.5, 0.6) is 11.5 Å². The summed E-state index contributed by atoms with van der Waals surface area (Å²) in [6, 6.07) is 4.38. The molecule has 0 bridgehead atoms. The van der Waals surface area contributed by atoms with E-state index in [-0.39, 0.29) is 37.1 Å². The monoisotopic (exact) mass is 581 g/mol. The summed E-state index contributed by atoms with van der Waals surface area (Å²) in [5.74, 6) is -1.33. The van der Waals surface area contributed by atoms with Gasteiger partial charge in [0.05, 0.1) is 19.1 Å². The number of hydrogen-bond donors (Lipinski definition) is 1. The van der Waals surface area contributed by atoms with E-state index < -0.39 is 41.3 Å². The maximum absolute atomic E-state index is 12.7. The van der Waals surface area contributed by atoms with Gasteiger partial charge < -0.3 is 34.2 Å². The lowest BCUT2D eigenvalue weighted by molar-refractivity contribution is -0.157. The number of nitrogens with two attached hydrogens (primary N) is 1. The molecule has 0 spiro atoms. The van der Waals surface area contributed by atoms with Gasteiger partial charge in [0.2, 0.25) is 0 Å². The largest absolute Gasteiger partial charge is 0.514 e. The molecule has 2 unspecified atom stereocenters. The van der Waals surface area contributed by atoms with Gasteiger partial charge in [0.25, 0.3) is 0 Å². The first-order valence-corrected chi connectivity index (χ1v) is 14.2. The van der Waals surface area contributed by atoms with Gasteiger partial charge in [0.15, 0.2) is 11.5 Å². The summed E-state index contributed by atoms with van der Waals surface area (Å²) >= 11 is 0. The highest BCUT2D eigenvalue weighted by atomic mass is 16.7. The van der Waals surface area contributed by atoms with E-state index in [4.69, 9.17) is 34.2 Å². The number of esters is 2. The highest BCUT2D eigenvalue weighted by Crippen LogP contribution is 2.32. The Morgan fingerprint density at radius 2 is 1.39 bits per heavy atom. The van der Waals surface area contributed by atoms with Crippen molar-refractivity contribution in [2.45, 2.75) is 111 Å². The summed E-state index contributed by atoms with van der Waals surface area (Å²) < 4.78 is 31.6. The van der Waals surface area contributed by atoms with E-state index in [2.05, 4.69) is 0 Å². The summed E-state index contributed by atoms with van der Waals surface area (Å²) in [7, 11) is 1.21. The third-order valence-corrected chi connectivity index (χ3v) is 6.71. The number of methoxy groups -OCH3 is 1. The first kappa shape index (κ1) is 35.7. The smallest absolute Gasteiger partial charge is 0.468 e. The van der Waals surface area contributed by atoms with Crippen LogP contribution in [0.2, 0.25) is 0 Å². The molecule has 2 N–H and O–H groups in total. The van der Waals surface area contributed by atoms with E-state index in [1.807, 2.05) is 20.8 Å². The van der Waals surface area contributed by atoms with Gasteiger partial charge in [-0.15, -0.1) is 0 Å². The van der Waals surface area contributed by atoms with Crippen molar-refractivity contribution < 1.29 is 47.6 Å². The maximum Gasteiger partial charge on any atom is 0.514 e. The highest BCUT2D eigenvalue weighted by Gasteiger charge is 2.37. The molecule has 1 rings (SSSR count). The first-order valence-electron chi connectivity index (χ1n) is 14.2. The molecule has 0 saturated carbocycles. The summed E-state index contributed by atoms with van der Waals surface area (Å²) in [6.45, 7) is 12.7. The summed E-state index contributed by atoms with van der Waals surface area (Å²) in [6.07, 6.45) is 0.676. The number of ether oxygens (including phenoxy) is 6. The quantitative estimate of drug-likeness (QED) is 0.142. The van der Waals surface area contributed by atoms with Crippen LogP contribution in [0.25, 0.3) is 0 Å². The van der Waals surface area contributed by atoms with Crippen molar-refractivity contribution in [2.75, 3.05) is 13.7 Å². The molecular weight excluding hydrogens is 534 g/mol. The number of benzene rings is 1. The fraction of sp³-hybridized carbons (Fsp3) is 0.667. The van der Waals surface area contributed by atoms with Crippen molar-refractivity contribution in [1.29, 1.82) is 0 Å². The topological polar surface area (TPSA) is 150 Å². The molecule has 0 radical (unpaired) electrons. The van der Waals surface area contributed by atoms with Crippen LogP contribution in [0.1, 0.15) is 92.6 Å². The van der Waals surface area contributed by atoms with Crippen molar-refractivity contribution in [3.05, 3.63) is 23.8 Å². The lowest BCUT2D eigenvalue weighted by Gasteiger charge is -2.28. The molecule has 0 aliphatic heterocycles. The molecule has 0 aromatic heterocycles. The van der Waals surface area contributed by atoms with Gasteiger partial charge in [-0.2, -0.15) is 0 Å². The second kappa shape index (κ2) is 16.8. The fourth-order valence-electron chi connectivity index (χ4n) is 3.81. The van der Waals surface area contributed by atoms with Crippen molar-refractivity contribution in [2.24, 2.45) is 11.1 Å². The molecule has 0 aliphatic carbocycles. The van der Waals surface area contributed by atoms with Crippen molar-refractivity contribution in [3.8, 4) is 11.5 Å². The van der Waals surface area contributed by atoms with E-state index in [9.17, 15) is 19.2 Å². The molecule has 11 nitrogen and oxygen atoms in total. The van der Waals surface area contributed by atoms with E-state index in [0.717, 1.165) is 12.8 Å². The zero-order valence-electron chi connectivity index (χ0n) is 25.7. The van der Waals surface area contributed by atoms with Crippen molar-refractivity contribution >= 4 is 24.2 Å². The normalized spacial score (nSPS) is 14.2. The Morgan fingerprint density at radius 3 is 1.88 bits per heavy atom. The van der Waals surface area contributed by atoms with Crippen molar-refractivity contribution in [1.82, 2.24) is 0 Å². The Kier molecular flexibility index (Phi) is 14.6. The Bertz CT molecular complexity index is 1020. The van der Waals surface area contributed by atoms with Gasteiger partial charge in [-0.05, 0) is 64.7 Å². The fourth-order valence-corrected chi connectivity index (χ4v) is 3.81. The molecule has 0 saturated heterocycles. The third-order valence-electron chi connectivity index (χ3n) is 6.71. The molecule has 0 heterocycles. The van der Waals surface area contributed by atoms with Crippen LogP contribution in [-0.4, -0.2) is 55.7 Å². The highest BCUT2D eigenvalue weighted by molar-refractivity contribution is 5.81. The van der Waals surface area contributed by atoms with E-state index >= 15 is 0 Å². The van der Waals surface area contributed by atoms with E-state index in [1.54, 1.807) is 33.8 Å². The van der Waals surface area contributed by atoms with Crippen LogP contribution in [0, 0.1) is 5.41 Å². The molecular formula is C30H47NO10. The summed E-state index contributed by atoms with van der Waals surface area (Å²) in [5.41, 5.74) is 4.67. The summed E-state index contributed by atoms with van der Waals surface area (Å²) in [5, 5.41) is 0. The molecule has 1 aromatic carbocycles. The van der Waals surface area contributed by atoms with Gasteiger partial charge in [-0.1, -0.05) is 39.7 Å². The molecule has 0 fully saturated rings. The standard InChI is InChI=1S/C30H47NO10/c1-9-12-20(4)38-27(34)40-23-15-14-22(18-24(23)41-28(35)39-21(5)13-10-2)19-30(31,26(33)36-8)16-17-37-25(32)29(6,7)11-3/h14-15,18,20-21H,9-13,16-17,19,31H2,1-8H3/t20?,21?,30-/m1/s1. The van der Waals surface area contributed by atoms with Crippen LogP contribution in [0.15, 0.2) is 18.2 Å². The van der Waals surface area contributed by atoms with Crippen LogP contribution >= 0.6 is 0 Å². The minimum Gasteiger partial charge on any atom is -0.468 e. The van der Waals surface area contributed by atoms with E-state index in [0.29, 0.717) is 24.8 Å². The van der Waals surface area contributed by atoms with Gasteiger partial charge in [0, 0.05) is 12.8 Å². The van der Waals surface area contributed by atoms with Gasteiger partial charge >= 0.3 is 24.2 Å². The predicted molar refractivity (Wildman–Crippen MR) is 152 cm³/mol. The Labute approximate surface area is 243 Å². The average molecular weight is 582 g/mol. The van der Waals surface area contributed by atoms with Crippen LogP contribution in [-0.2, 0) is 35.0 Å². The maximum atomic E-state index is 12.7. The second-order valence-corrected chi connectivity index (χ2v) is 10.9. The lowest BCUT2D eigenvalue weighted by Crippen LogP contribution is -2.51. The number of hydrogen-bond acceptors (Lipinski definition) is 11. The molecule has 41 heavy (non-hydrogen) atoms. The molecule has 0 aliphatic rings. The Hall–Kier alpha value is -3.34.